The molecule has 5 nitrogen and oxygen atoms in total. The van der Waals surface area contributed by atoms with Crippen LogP contribution in [0.1, 0.15) is 33.1 Å². The van der Waals surface area contributed by atoms with Gasteiger partial charge in [-0.2, -0.15) is 0 Å². The second-order valence-corrected chi connectivity index (χ2v) is 4.17. The average molecular weight is 214 g/mol. The van der Waals surface area contributed by atoms with E-state index in [-0.39, 0.29) is 11.8 Å². The lowest BCUT2D eigenvalue weighted by Crippen LogP contribution is -2.52. The Morgan fingerprint density at radius 2 is 2.07 bits per heavy atom. The van der Waals surface area contributed by atoms with E-state index in [0.29, 0.717) is 13.0 Å². The zero-order valence-corrected chi connectivity index (χ0v) is 9.19. The zero-order chi connectivity index (χ0) is 11.4. The molecular formula is C10H18N2O3. The standard InChI is InChI=1S/C10H18N2O3/c1-7(2)10(14)12-6-4-3-5-8(12)9(13)11-15/h7-8,15H,3-6H2,1-2H3,(H,11,13). The molecule has 1 heterocycles. The van der Waals surface area contributed by atoms with Crippen LogP contribution < -0.4 is 5.48 Å². The number of amides is 2. The van der Waals surface area contributed by atoms with E-state index in [9.17, 15) is 9.59 Å². The molecule has 0 bridgehead atoms. The predicted octanol–water partition coefficient (Wildman–Crippen LogP) is 0.529. The van der Waals surface area contributed by atoms with Gasteiger partial charge in [-0.25, -0.2) is 5.48 Å². The van der Waals surface area contributed by atoms with E-state index in [1.54, 1.807) is 10.4 Å². The van der Waals surface area contributed by atoms with E-state index < -0.39 is 11.9 Å². The van der Waals surface area contributed by atoms with Crippen LogP contribution in [0.3, 0.4) is 0 Å². The summed E-state index contributed by atoms with van der Waals surface area (Å²) in [5, 5.41) is 8.59. The topological polar surface area (TPSA) is 69.6 Å². The van der Waals surface area contributed by atoms with Crippen molar-refractivity contribution in [2.45, 2.75) is 39.2 Å². The van der Waals surface area contributed by atoms with Gasteiger partial charge in [0.15, 0.2) is 0 Å². The molecule has 0 aromatic heterocycles. The highest BCUT2D eigenvalue weighted by molar-refractivity contribution is 5.87. The third-order valence-corrected chi connectivity index (χ3v) is 2.69. The van der Waals surface area contributed by atoms with Gasteiger partial charge >= 0.3 is 0 Å². The van der Waals surface area contributed by atoms with Crippen molar-refractivity contribution in [3.8, 4) is 0 Å². The molecule has 86 valence electrons. The number of carbonyl (C=O) groups is 2. The van der Waals surface area contributed by atoms with Gasteiger partial charge in [-0.15, -0.1) is 0 Å². The second kappa shape index (κ2) is 5.11. The van der Waals surface area contributed by atoms with Crippen LogP contribution >= 0.6 is 0 Å². The maximum absolute atomic E-state index is 11.8. The van der Waals surface area contributed by atoms with E-state index in [1.165, 1.54) is 0 Å². The van der Waals surface area contributed by atoms with Crippen molar-refractivity contribution in [3.63, 3.8) is 0 Å². The molecule has 0 spiro atoms. The molecule has 0 aliphatic carbocycles. The summed E-state index contributed by atoms with van der Waals surface area (Å²) in [6.45, 7) is 4.23. The van der Waals surface area contributed by atoms with Crippen molar-refractivity contribution >= 4 is 11.8 Å². The number of hydrogen-bond donors (Lipinski definition) is 2. The Bertz CT molecular complexity index is 253. The van der Waals surface area contributed by atoms with Crippen LogP contribution in [0.4, 0.5) is 0 Å². The van der Waals surface area contributed by atoms with Gasteiger partial charge in [-0.05, 0) is 19.3 Å². The summed E-state index contributed by atoms with van der Waals surface area (Å²) in [6, 6.07) is -0.501. The van der Waals surface area contributed by atoms with Gasteiger partial charge < -0.3 is 4.90 Å². The van der Waals surface area contributed by atoms with Crippen molar-refractivity contribution in [2.75, 3.05) is 6.54 Å². The van der Waals surface area contributed by atoms with Gasteiger partial charge in [0.05, 0.1) is 0 Å². The van der Waals surface area contributed by atoms with Gasteiger partial charge in [0.2, 0.25) is 5.91 Å². The Balaban J connectivity index is 2.73. The molecule has 0 aromatic carbocycles. The molecule has 1 rings (SSSR count). The molecule has 1 saturated heterocycles. The van der Waals surface area contributed by atoms with Crippen molar-refractivity contribution in [1.29, 1.82) is 0 Å². The van der Waals surface area contributed by atoms with Gasteiger partial charge in [-0.1, -0.05) is 13.8 Å². The molecule has 15 heavy (non-hydrogen) atoms. The number of hydrogen-bond acceptors (Lipinski definition) is 3. The molecular weight excluding hydrogens is 196 g/mol. The molecule has 2 N–H and O–H groups in total. The maximum atomic E-state index is 11.8. The fraction of sp³-hybridized carbons (Fsp3) is 0.800. The Labute approximate surface area is 89.4 Å². The van der Waals surface area contributed by atoms with Crippen LogP contribution in [0, 0.1) is 5.92 Å². The van der Waals surface area contributed by atoms with Crippen molar-refractivity contribution in [2.24, 2.45) is 5.92 Å². The lowest BCUT2D eigenvalue weighted by molar-refractivity contribution is -0.148. The van der Waals surface area contributed by atoms with Crippen LogP contribution in [-0.4, -0.2) is 34.5 Å². The zero-order valence-electron chi connectivity index (χ0n) is 9.19. The first-order valence-corrected chi connectivity index (χ1v) is 5.32. The largest absolute Gasteiger partial charge is 0.330 e. The summed E-state index contributed by atoms with van der Waals surface area (Å²) in [7, 11) is 0. The summed E-state index contributed by atoms with van der Waals surface area (Å²) >= 11 is 0. The molecule has 5 heteroatoms. The number of carbonyl (C=O) groups excluding carboxylic acids is 2. The fourth-order valence-corrected chi connectivity index (χ4v) is 1.87. The van der Waals surface area contributed by atoms with E-state index in [1.807, 2.05) is 13.8 Å². The average Bonchev–Trinajstić information content (AvgIpc) is 2.27. The molecule has 1 aliphatic heterocycles. The summed E-state index contributed by atoms with van der Waals surface area (Å²) < 4.78 is 0. The summed E-state index contributed by atoms with van der Waals surface area (Å²) in [5.74, 6) is -0.621. The lowest BCUT2D eigenvalue weighted by atomic mass is 9.99. The van der Waals surface area contributed by atoms with Crippen molar-refractivity contribution < 1.29 is 14.8 Å². The van der Waals surface area contributed by atoms with Crippen LogP contribution in [0.2, 0.25) is 0 Å². The molecule has 1 fully saturated rings. The molecule has 0 radical (unpaired) electrons. The quantitative estimate of drug-likeness (QED) is 0.520. The molecule has 2 amide bonds. The lowest BCUT2D eigenvalue weighted by Gasteiger charge is -2.35. The van der Waals surface area contributed by atoms with Gasteiger partial charge in [0.25, 0.3) is 5.91 Å². The minimum absolute atomic E-state index is 0.0247. The molecule has 1 atom stereocenters. The van der Waals surface area contributed by atoms with E-state index in [0.717, 1.165) is 12.8 Å². The Kier molecular flexibility index (Phi) is 4.08. The minimum atomic E-state index is -0.501. The van der Waals surface area contributed by atoms with Gasteiger partial charge in [0, 0.05) is 12.5 Å². The fourth-order valence-electron chi connectivity index (χ4n) is 1.87. The van der Waals surface area contributed by atoms with Crippen LogP contribution in [0.15, 0.2) is 0 Å². The number of piperidine rings is 1. The summed E-state index contributed by atoms with van der Waals surface area (Å²) in [5.41, 5.74) is 1.63. The number of rotatable bonds is 2. The summed E-state index contributed by atoms with van der Waals surface area (Å²) in [6.07, 6.45) is 2.47. The Morgan fingerprint density at radius 1 is 1.40 bits per heavy atom. The van der Waals surface area contributed by atoms with E-state index >= 15 is 0 Å². The minimum Gasteiger partial charge on any atom is -0.330 e. The van der Waals surface area contributed by atoms with Crippen LogP contribution in [0.25, 0.3) is 0 Å². The van der Waals surface area contributed by atoms with Crippen molar-refractivity contribution in [1.82, 2.24) is 10.4 Å². The predicted molar refractivity (Wildman–Crippen MR) is 54.1 cm³/mol. The smallest absolute Gasteiger partial charge is 0.266 e. The van der Waals surface area contributed by atoms with E-state index in [2.05, 4.69) is 0 Å². The highest BCUT2D eigenvalue weighted by atomic mass is 16.5. The molecule has 0 saturated carbocycles. The highest BCUT2D eigenvalue weighted by Gasteiger charge is 2.32. The van der Waals surface area contributed by atoms with Gasteiger partial charge in [0.1, 0.15) is 6.04 Å². The SMILES string of the molecule is CC(C)C(=O)N1CCCCC1C(=O)NO. The van der Waals surface area contributed by atoms with Gasteiger partial charge in [-0.3, -0.25) is 14.8 Å². The number of hydroxylamine groups is 1. The number of likely N-dealkylation sites (tertiary alicyclic amines) is 1. The maximum Gasteiger partial charge on any atom is 0.266 e. The Morgan fingerprint density at radius 3 is 2.60 bits per heavy atom. The molecule has 0 aromatic rings. The third-order valence-electron chi connectivity index (χ3n) is 2.69. The monoisotopic (exact) mass is 214 g/mol. The highest BCUT2D eigenvalue weighted by Crippen LogP contribution is 2.19. The molecule has 1 unspecified atom stereocenters. The van der Waals surface area contributed by atoms with Crippen LogP contribution in [-0.2, 0) is 9.59 Å². The third kappa shape index (κ3) is 2.68. The van der Waals surface area contributed by atoms with Crippen molar-refractivity contribution in [3.05, 3.63) is 0 Å². The van der Waals surface area contributed by atoms with Crippen LogP contribution in [0.5, 0.6) is 0 Å². The first kappa shape index (κ1) is 12.0. The Hall–Kier alpha value is -1.10. The normalized spacial score (nSPS) is 21.6. The number of nitrogens with zero attached hydrogens (tertiary/aromatic N) is 1. The first-order valence-electron chi connectivity index (χ1n) is 5.32. The molecule has 1 aliphatic rings. The first-order chi connectivity index (χ1) is 7.07. The summed E-state index contributed by atoms with van der Waals surface area (Å²) in [4.78, 5) is 24.7. The van der Waals surface area contributed by atoms with E-state index in [4.69, 9.17) is 5.21 Å². The number of nitrogens with one attached hydrogen (secondary N) is 1. The second-order valence-electron chi connectivity index (χ2n) is 4.17.